The Labute approximate surface area is 175 Å². The molecule has 4 aromatic rings. The number of carbonyl (C=O) groups is 1. The maximum absolute atomic E-state index is 14.4. The number of hydrogen-bond donors (Lipinski definition) is 1. The monoisotopic (exact) mass is 428 g/mol. The molecule has 0 radical (unpaired) electrons. The van der Waals surface area contributed by atoms with Gasteiger partial charge in [0.2, 0.25) is 5.91 Å². The van der Waals surface area contributed by atoms with E-state index in [0.717, 1.165) is 0 Å². The van der Waals surface area contributed by atoms with Crippen LogP contribution in [0.1, 0.15) is 23.9 Å². The Morgan fingerprint density at radius 1 is 1.30 bits per heavy atom. The second-order valence-electron chi connectivity index (χ2n) is 6.80. The second-order valence-corrected chi connectivity index (χ2v) is 7.24. The number of hydrogen-bond acceptors (Lipinski definition) is 4. The summed E-state index contributed by atoms with van der Waals surface area (Å²) in [7, 11) is 1.77. The van der Waals surface area contributed by atoms with Crippen LogP contribution in [0.4, 0.5) is 4.39 Å². The van der Waals surface area contributed by atoms with Crippen molar-refractivity contribution in [2.75, 3.05) is 0 Å². The third kappa shape index (κ3) is 3.86. The van der Waals surface area contributed by atoms with Crippen LogP contribution in [0.25, 0.3) is 11.1 Å². The van der Waals surface area contributed by atoms with E-state index in [1.807, 2.05) is 0 Å². The predicted molar refractivity (Wildman–Crippen MR) is 110 cm³/mol. The van der Waals surface area contributed by atoms with Crippen molar-refractivity contribution in [3.8, 4) is 0 Å². The Morgan fingerprint density at radius 3 is 2.83 bits per heavy atom. The zero-order valence-electron chi connectivity index (χ0n) is 16.0. The maximum Gasteiger partial charge on any atom is 0.419 e. The third-order valence-electron chi connectivity index (χ3n) is 4.83. The maximum atomic E-state index is 14.4. The molecule has 2 heterocycles. The lowest BCUT2D eigenvalue weighted by molar-refractivity contribution is -0.121. The standard InChI is InChI=1S/C21H18ClFN4O3/c1-26-11-9-24-20(26)19(14-4-2-3-5-15(14)23)25-18(28)8-10-27-16-7-6-13(22)12-17(16)30-21(27)29/h2-7,9,11-12,19H,8,10H2,1H3,(H,25,28). The fourth-order valence-corrected chi connectivity index (χ4v) is 3.51. The number of rotatable bonds is 6. The van der Waals surface area contributed by atoms with E-state index in [-0.39, 0.29) is 18.9 Å². The highest BCUT2D eigenvalue weighted by Gasteiger charge is 2.23. The van der Waals surface area contributed by atoms with Crippen molar-refractivity contribution in [1.29, 1.82) is 0 Å². The van der Waals surface area contributed by atoms with Crippen LogP contribution in [0.2, 0.25) is 5.02 Å². The predicted octanol–water partition coefficient (Wildman–Crippen LogP) is 3.42. The molecule has 0 aliphatic carbocycles. The number of oxazole rings is 1. The van der Waals surface area contributed by atoms with Crippen molar-refractivity contribution in [3.05, 3.63) is 87.6 Å². The van der Waals surface area contributed by atoms with E-state index >= 15 is 0 Å². The van der Waals surface area contributed by atoms with E-state index in [4.69, 9.17) is 16.0 Å². The summed E-state index contributed by atoms with van der Waals surface area (Å²) in [6.45, 7) is 0.101. The van der Waals surface area contributed by atoms with Crippen molar-refractivity contribution in [2.45, 2.75) is 19.0 Å². The summed E-state index contributed by atoms with van der Waals surface area (Å²) in [4.78, 5) is 29.1. The lowest BCUT2D eigenvalue weighted by Gasteiger charge is -2.19. The summed E-state index contributed by atoms with van der Waals surface area (Å²) in [5, 5.41) is 3.28. The summed E-state index contributed by atoms with van der Waals surface area (Å²) in [5.41, 5.74) is 1.21. The molecule has 0 fully saturated rings. The van der Waals surface area contributed by atoms with Crippen molar-refractivity contribution in [2.24, 2.45) is 7.05 Å². The second kappa shape index (κ2) is 8.16. The Morgan fingerprint density at radius 2 is 2.10 bits per heavy atom. The van der Waals surface area contributed by atoms with Gasteiger partial charge in [-0.3, -0.25) is 9.36 Å². The van der Waals surface area contributed by atoms with E-state index in [1.54, 1.807) is 60.4 Å². The number of imidazole rings is 1. The molecule has 0 saturated heterocycles. The molecule has 1 amide bonds. The van der Waals surface area contributed by atoms with Crippen LogP contribution in [0.5, 0.6) is 0 Å². The number of aryl methyl sites for hydroxylation is 2. The van der Waals surface area contributed by atoms with Crippen molar-refractivity contribution in [1.82, 2.24) is 19.4 Å². The zero-order valence-corrected chi connectivity index (χ0v) is 16.8. The number of nitrogens with zero attached hydrogens (tertiary/aromatic N) is 3. The van der Waals surface area contributed by atoms with Crippen LogP contribution < -0.4 is 11.1 Å². The highest BCUT2D eigenvalue weighted by molar-refractivity contribution is 6.31. The quantitative estimate of drug-likeness (QED) is 0.510. The lowest BCUT2D eigenvalue weighted by atomic mass is 10.1. The van der Waals surface area contributed by atoms with Gasteiger partial charge in [0.1, 0.15) is 17.7 Å². The Hall–Kier alpha value is -3.39. The third-order valence-corrected chi connectivity index (χ3v) is 5.07. The highest BCUT2D eigenvalue weighted by atomic mass is 35.5. The molecule has 4 rings (SSSR count). The van der Waals surface area contributed by atoms with Crippen LogP contribution in [0.15, 0.2) is 64.1 Å². The number of carbonyl (C=O) groups excluding carboxylic acids is 1. The average Bonchev–Trinajstić information content (AvgIpc) is 3.27. The number of amides is 1. The van der Waals surface area contributed by atoms with Crippen molar-refractivity contribution in [3.63, 3.8) is 0 Å². The number of halogens is 2. The fraction of sp³-hybridized carbons (Fsp3) is 0.190. The molecule has 0 aliphatic heterocycles. The molecule has 7 nitrogen and oxygen atoms in total. The molecule has 0 bridgehead atoms. The largest absolute Gasteiger partial charge is 0.419 e. The average molecular weight is 429 g/mol. The van der Waals surface area contributed by atoms with Gasteiger partial charge in [-0.15, -0.1) is 0 Å². The normalized spacial score (nSPS) is 12.2. The van der Waals surface area contributed by atoms with Crippen LogP contribution in [0, 0.1) is 5.82 Å². The molecule has 154 valence electrons. The molecule has 30 heavy (non-hydrogen) atoms. The first-order valence-corrected chi connectivity index (χ1v) is 9.61. The first kappa shape index (κ1) is 19.9. The number of aromatic nitrogens is 3. The van der Waals surface area contributed by atoms with E-state index < -0.39 is 17.6 Å². The van der Waals surface area contributed by atoms with Gasteiger partial charge in [-0.2, -0.15) is 0 Å². The molecule has 0 spiro atoms. The van der Waals surface area contributed by atoms with Crippen molar-refractivity contribution >= 4 is 28.6 Å². The summed E-state index contributed by atoms with van der Waals surface area (Å²) in [5.74, 6) is -0.884. The molecule has 0 saturated carbocycles. The lowest BCUT2D eigenvalue weighted by Crippen LogP contribution is -2.32. The first-order valence-electron chi connectivity index (χ1n) is 9.24. The number of benzene rings is 2. The smallest absolute Gasteiger partial charge is 0.408 e. The van der Waals surface area contributed by atoms with Gasteiger partial charge >= 0.3 is 5.76 Å². The van der Waals surface area contributed by atoms with Gasteiger partial charge in [-0.05, 0) is 18.2 Å². The number of fused-ring (bicyclic) bond motifs is 1. The Balaban J connectivity index is 1.56. The minimum Gasteiger partial charge on any atom is -0.408 e. The Bertz CT molecular complexity index is 1280. The van der Waals surface area contributed by atoms with Crippen LogP contribution in [0.3, 0.4) is 0 Å². The minimum atomic E-state index is -0.768. The van der Waals surface area contributed by atoms with Crippen LogP contribution in [-0.2, 0) is 18.4 Å². The summed E-state index contributed by atoms with van der Waals surface area (Å²) < 4.78 is 22.7. The van der Waals surface area contributed by atoms with Gasteiger partial charge in [0.05, 0.1) is 5.52 Å². The summed E-state index contributed by atoms with van der Waals surface area (Å²) in [6.07, 6.45) is 3.29. The van der Waals surface area contributed by atoms with Gasteiger partial charge in [-0.1, -0.05) is 29.8 Å². The van der Waals surface area contributed by atoms with Gasteiger partial charge in [0.25, 0.3) is 0 Å². The summed E-state index contributed by atoms with van der Waals surface area (Å²) in [6, 6.07) is 10.3. The molecule has 9 heteroatoms. The molecule has 2 aromatic carbocycles. The van der Waals surface area contributed by atoms with Crippen LogP contribution in [-0.4, -0.2) is 20.0 Å². The summed E-state index contributed by atoms with van der Waals surface area (Å²) >= 11 is 5.92. The number of nitrogens with one attached hydrogen (secondary N) is 1. The first-order chi connectivity index (χ1) is 14.4. The van der Waals surface area contributed by atoms with E-state index in [0.29, 0.717) is 27.5 Å². The van der Waals surface area contributed by atoms with E-state index in [2.05, 4.69) is 10.3 Å². The molecule has 0 aliphatic rings. The van der Waals surface area contributed by atoms with Crippen molar-refractivity contribution < 1.29 is 13.6 Å². The molecule has 2 aromatic heterocycles. The van der Waals surface area contributed by atoms with Gasteiger partial charge in [0.15, 0.2) is 5.58 Å². The fourth-order valence-electron chi connectivity index (χ4n) is 3.34. The van der Waals surface area contributed by atoms with Gasteiger partial charge < -0.3 is 14.3 Å². The molecular formula is C21H18ClFN4O3. The van der Waals surface area contributed by atoms with Gasteiger partial charge in [-0.25, -0.2) is 14.2 Å². The highest BCUT2D eigenvalue weighted by Crippen LogP contribution is 2.23. The van der Waals surface area contributed by atoms with E-state index in [1.165, 1.54) is 10.6 Å². The molecule has 1 N–H and O–H groups in total. The minimum absolute atomic E-state index is 0.00740. The molecular weight excluding hydrogens is 411 g/mol. The van der Waals surface area contributed by atoms with Crippen LogP contribution >= 0.6 is 11.6 Å². The zero-order chi connectivity index (χ0) is 21.3. The Kier molecular flexibility index (Phi) is 5.41. The SMILES string of the molecule is Cn1ccnc1C(NC(=O)CCn1c(=O)oc2cc(Cl)ccc21)c1ccccc1F. The molecule has 1 unspecified atom stereocenters. The van der Waals surface area contributed by atoms with E-state index in [9.17, 15) is 14.0 Å². The van der Waals surface area contributed by atoms with Gasteiger partial charge in [0, 0.05) is 49.1 Å². The molecule has 1 atom stereocenters. The topological polar surface area (TPSA) is 82.1 Å².